The lowest BCUT2D eigenvalue weighted by Crippen LogP contribution is -2.51. The number of nitrogens with one attached hydrogen (secondary N) is 1. The van der Waals surface area contributed by atoms with E-state index in [1.165, 1.54) is 35.2 Å². The Balaban J connectivity index is 1.33. The van der Waals surface area contributed by atoms with Crippen LogP contribution in [0.25, 0.3) is 10.9 Å². The van der Waals surface area contributed by atoms with Crippen molar-refractivity contribution in [3.63, 3.8) is 0 Å². The smallest absolute Gasteiger partial charge is 0.101 e. The van der Waals surface area contributed by atoms with Gasteiger partial charge >= 0.3 is 0 Å². The van der Waals surface area contributed by atoms with E-state index in [-0.39, 0.29) is 0 Å². The van der Waals surface area contributed by atoms with Gasteiger partial charge < -0.3 is 10.2 Å². The van der Waals surface area contributed by atoms with E-state index in [2.05, 4.69) is 63.4 Å². The molecule has 0 radical (unpaired) electrons. The van der Waals surface area contributed by atoms with Crippen LogP contribution in [-0.4, -0.2) is 42.1 Å². The number of fused-ring (bicyclic) bond motifs is 4. The van der Waals surface area contributed by atoms with Crippen LogP contribution in [0.3, 0.4) is 0 Å². The van der Waals surface area contributed by atoms with Crippen molar-refractivity contribution >= 4 is 16.6 Å². The maximum atomic E-state index is 9.51. The Morgan fingerprint density at radius 3 is 2.81 bits per heavy atom. The fourth-order valence-electron chi connectivity index (χ4n) is 6.08. The van der Waals surface area contributed by atoms with E-state index < -0.39 is 0 Å². The minimum absolute atomic E-state index is 0.415. The number of nitrogens with zero attached hydrogens (tertiary/aromatic N) is 4. The van der Waals surface area contributed by atoms with E-state index in [4.69, 9.17) is 0 Å². The van der Waals surface area contributed by atoms with Crippen molar-refractivity contribution in [1.82, 2.24) is 15.2 Å². The van der Waals surface area contributed by atoms with Crippen LogP contribution in [0, 0.1) is 11.3 Å². The molecule has 3 aliphatic heterocycles. The molecule has 6 rings (SSSR count). The van der Waals surface area contributed by atoms with Gasteiger partial charge in [0.2, 0.25) is 0 Å². The molecule has 2 fully saturated rings. The summed E-state index contributed by atoms with van der Waals surface area (Å²) in [5, 5.41) is 14.1. The van der Waals surface area contributed by atoms with Gasteiger partial charge in [0.15, 0.2) is 0 Å². The van der Waals surface area contributed by atoms with Crippen LogP contribution < -0.4 is 10.2 Å². The van der Waals surface area contributed by atoms with Crippen LogP contribution in [0.2, 0.25) is 0 Å². The van der Waals surface area contributed by atoms with Crippen LogP contribution in [0.15, 0.2) is 48.7 Å². The molecule has 162 valence electrons. The zero-order chi connectivity index (χ0) is 21.7. The van der Waals surface area contributed by atoms with Gasteiger partial charge in [0.1, 0.15) is 6.07 Å². The Hall–Kier alpha value is -2.94. The van der Waals surface area contributed by atoms with Crippen LogP contribution >= 0.6 is 0 Å². The average molecular weight is 424 g/mol. The molecule has 32 heavy (non-hydrogen) atoms. The van der Waals surface area contributed by atoms with Crippen molar-refractivity contribution in [3.05, 3.63) is 70.9 Å². The summed E-state index contributed by atoms with van der Waals surface area (Å²) in [6, 6.07) is 18.6. The van der Waals surface area contributed by atoms with Gasteiger partial charge in [-0.15, -0.1) is 0 Å². The van der Waals surface area contributed by atoms with Gasteiger partial charge in [-0.1, -0.05) is 18.2 Å². The van der Waals surface area contributed by atoms with E-state index in [0.717, 1.165) is 43.6 Å². The third kappa shape index (κ3) is 3.18. The topological polar surface area (TPSA) is 55.2 Å². The summed E-state index contributed by atoms with van der Waals surface area (Å²) in [6.07, 6.45) is 4.27. The first-order valence-electron chi connectivity index (χ1n) is 11.8. The van der Waals surface area contributed by atoms with Crippen LogP contribution in [0.1, 0.15) is 54.0 Å². The summed E-state index contributed by atoms with van der Waals surface area (Å²) in [5.41, 5.74) is 7.19. The van der Waals surface area contributed by atoms with Crippen molar-refractivity contribution in [2.24, 2.45) is 0 Å². The van der Waals surface area contributed by atoms with Gasteiger partial charge in [0, 0.05) is 42.9 Å². The summed E-state index contributed by atoms with van der Waals surface area (Å²) < 4.78 is 0. The Kier molecular flexibility index (Phi) is 4.86. The zero-order valence-corrected chi connectivity index (χ0v) is 18.6. The quantitative estimate of drug-likeness (QED) is 0.665. The van der Waals surface area contributed by atoms with E-state index in [1.54, 1.807) is 6.20 Å². The van der Waals surface area contributed by atoms with Crippen LogP contribution in [0.4, 0.5) is 5.69 Å². The number of hydrogen-bond donors (Lipinski definition) is 1. The van der Waals surface area contributed by atoms with Crippen molar-refractivity contribution in [3.8, 4) is 6.07 Å². The van der Waals surface area contributed by atoms with Crippen molar-refractivity contribution in [2.75, 3.05) is 31.1 Å². The summed E-state index contributed by atoms with van der Waals surface area (Å²) in [4.78, 5) is 9.70. The highest BCUT2D eigenvalue weighted by Gasteiger charge is 2.39. The molecule has 0 bridgehead atoms. The van der Waals surface area contributed by atoms with Crippen molar-refractivity contribution < 1.29 is 0 Å². The molecule has 5 nitrogen and oxygen atoms in total. The second-order valence-electron chi connectivity index (χ2n) is 9.57. The fraction of sp³-hybridized carbons (Fsp3) is 0.407. The number of nitriles is 1. The first-order valence-corrected chi connectivity index (χ1v) is 11.8. The van der Waals surface area contributed by atoms with Crippen LogP contribution in [-0.2, 0) is 6.54 Å². The van der Waals surface area contributed by atoms with Crippen LogP contribution in [0.5, 0.6) is 0 Å². The van der Waals surface area contributed by atoms with Gasteiger partial charge in [0.25, 0.3) is 0 Å². The Bertz CT molecular complexity index is 1210. The molecule has 2 unspecified atom stereocenters. The first kappa shape index (κ1) is 19.7. The van der Waals surface area contributed by atoms with Gasteiger partial charge in [-0.25, -0.2) is 0 Å². The number of pyridine rings is 1. The predicted molar refractivity (Wildman–Crippen MR) is 128 cm³/mol. The van der Waals surface area contributed by atoms with Gasteiger partial charge in [-0.05, 0) is 79.7 Å². The summed E-state index contributed by atoms with van der Waals surface area (Å²) in [7, 11) is 0. The minimum Gasteiger partial charge on any atom is -0.368 e. The molecule has 0 amide bonds. The molecule has 1 N–H and O–H groups in total. The molecule has 2 saturated heterocycles. The Labute approximate surface area is 189 Å². The second-order valence-corrected chi connectivity index (χ2v) is 9.57. The normalized spacial score (nSPS) is 23.7. The first-order chi connectivity index (χ1) is 15.7. The second kappa shape index (κ2) is 7.88. The highest BCUT2D eigenvalue weighted by molar-refractivity contribution is 5.95. The van der Waals surface area contributed by atoms with Crippen molar-refractivity contribution in [1.29, 1.82) is 5.26 Å². The molecule has 1 aromatic heterocycles. The third-order valence-electron chi connectivity index (χ3n) is 7.74. The number of anilines is 1. The standard InChI is InChI=1S/C27H29N5/c1-18-15-31(25-7-5-21(14-28)27-24(25)3-2-10-30-27)17-26-23-6-4-20(13-22(23)16-32(18)26)19-8-11-29-12-9-19/h2-7,10,13,18-19,26,29H,8-9,11-12,15-17H2,1H3. The molecular weight excluding hydrogens is 394 g/mol. The lowest BCUT2D eigenvalue weighted by molar-refractivity contribution is 0.134. The third-order valence-corrected chi connectivity index (χ3v) is 7.74. The molecule has 3 aliphatic rings. The van der Waals surface area contributed by atoms with Gasteiger partial charge in [-0.2, -0.15) is 5.26 Å². The fourth-order valence-corrected chi connectivity index (χ4v) is 6.08. The number of piperazine rings is 1. The number of benzene rings is 2. The number of hydrogen-bond acceptors (Lipinski definition) is 5. The molecule has 4 heterocycles. The molecule has 0 saturated carbocycles. The molecule has 0 spiro atoms. The SMILES string of the molecule is CC1CN(c2ccc(C#N)c3ncccc23)CC2c3ccc(C4CCNCC4)cc3CN12. The number of rotatable bonds is 2. The zero-order valence-electron chi connectivity index (χ0n) is 18.6. The molecular formula is C27H29N5. The maximum Gasteiger partial charge on any atom is 0.101 e. The lowest BCUT2D eigenvalue weighted by atomic mass is 9.88. The van der Waals surface area contributed by atoms with Gasteiger partial charge in [-0.3, -0.25) is 9.88 Å². The monoisotopic (exact) mass is 423 g/mol. The molecule has 2 atom stereocenters. The minimum atomic E-state index is 0.415. The maximum absolute atomic E-state index is 9.51. The number of aromatic nitrogens is 1. The number of piperidine rings is 1. The molecule has 0 aliphatic carbocycles. The van der Waals surface area contributed by atoms with E-state index in [0.29, 0.717) is 23.6 Å². The highest BCUT2D eigenvalue weighted by Crippen LogP contribution is 2.42. The molecule has 3 aromatic rings. The van der Waals surface area contributed by atoms with Crippen molar-refractivity contribution in [2.45, 2.75) is 44.3 Å². The largest absolute Gasteiger partial charge is 0.368 e. The van der Waals surface area contributed by atoms with Gasteiger partial charge in [0.05, 0.1) is 17.1 Å². The molecule has 2 aromatic carbocycles. The summed E-state index contributed by atoms with van der Waals surface area (Å²) in [6.45, 7) is 7.64. The van der Waals surface area contributed by atoms with E-state index in [9.17, 15) is 5.26 Å². The van der Waals surface area contributed by atoms with E-state index >= 15 is 0 Å². The lowest BCUT2D eigenvalue weighted by Gasteiger charge is -2.44. The Morgan fingerprint density at radius 2 is 1.97 bits per heavy atom. The average Bonchev–Trinajstić information content (AvgIpc) is 3.22. The summed E-state index contributed by atoms with van der Waals surface area (Å²) in [5.74, 6) is 0.700. The Morgan fingerprint density at radius 1 is 1.09 bits per heavy atom. The molecule has 5 heteroatoms. The summed E-state index contributed by atoms with van der Waals surface area (Å²) >= 11 is 0. The highest BCUT2D eigenvalue weighted by atomic mass is 15.3. The van der Waals surface area contributed by atoms with E-state index in [1.807, 2.05) is 12.1 Å². The predicted octanol–water partition coefficient (Wildman–Crippen LogP) is 4.34.